The van der Waals surface area contributed by atoms with Crippen LogP contribution in [0.15, 0.2) is 299 Å². The lowest BCUT2D eigenvalue weighted by Gasteiger charge is -2.14. The van der Waals surface area contributed by atoms with E-state index in [1.807, 2.05) is 115 Å². The number of carbonyl (C=O) groups excluding carboxylic acids is 9. The zero-order valence-corrected chi connectivity index (χ0v) is 73.4. The third-order valence-electron chi connectivity index (χ3n) is 14.6. The number of esters is 9. The first-order valence-corrected chi connectivity index (χ1v) is 39.1. The van der Waals surface area contributed by atoms with Crippen LogP contribution < -0.4 is 0 Å². The molecule has 28 heteroatoms. The average Bonchev–Trinajstić information content (AvgIpc) is 1.03. The number of benzene rings is 3. The van der Waals surface area contributed by atoms with Gasteiger partial charge in [-0.15, -0.1) is 0 Å². The molecule has 1 fully saturated rings. The van der Waals surface area contributed by atoms with Crippen molar-refractivity contribution in [1.29, 1.82) is 47.4 Å². The normalized spacial score (nSPS) is 10.8. The third-order valence-corrected chi connectivity index (χ3v) is 14.6. The number of carbonyl (C=O) groups is 9. The maximum absolute atomic E-state index is 12.1. The van der Waals surface area contributed by atoms with Gasteiger partial charge < -0.3 is 47.0 Å². The Morgan fingerprint density at radius 1 is 0.386 bits per heavy atom. The van der Waals surface area contributed by atoms with E-state index in [0.717, 1.165) is 47.9 Å². The molecule has 3 aromatic carbocycles. The van der Waals surface area contributed by atoms with Gasteiger partial charge in [0.1, 0.15) is 111 Å². The van der Waals surface area contributed by atoms with Gasteiger partial charge in [0.05, 0.1) is 65.7 Å². The number of hydrogen-bond donors (Lipinski definition) is 0. The van der Waals surface area contributed by atoms with Gasteiger partial charge in [-0.05, 0) is 177 Å². The van der Waals surface area contributed by atoms with E-state index in [4.69, 9.17) is 60.7 Å². The smallest absolute Gasteiger partial charge is 0.349 e. The molecule has 0 saturated heterocycles. The van der Waals surface area contributed by atoms with Crippen molar-refractivity contribution in [3.05, 3.63) is 317 Å². The molecule has 660 valence electrons. The van der Waals surface area contributed by atoms with Crippen molar-refractivity contribution in [3.8, 4) is 54.6 Å². The van der Waals surface area contributed by atoms with Crippen LogP contribution in [0, 0.1) is 102 Å². The monoisotopic (exact) mass is 1720 g/mol. The molecule has 1 aromatic heterocycles. The van der Waals surface area contributed by atoms with Crippen LogP contribution in [0.2, 0.25) is 0 Å². The number of nitriles is 9. The molecule has 0 aliphatic heterocycles. The van der Waals surface area contributed by atoms with Gasteiger partial charge in [-0.1, -0.05) is 192 Å². The molecule has 1 heterocycles. The Balaban J connectivity index is -0.000000675. The fourth-order valence-electron chi connectivity index (χ4n) is 8.75. The summed E-state index contributed by atoms with van der Waals surface area (Å²) in [7, 11) is 0. The van der Waals surface area contributed by atoms with E-state index in [1.165, 1.54) is 73.4 Å². The number of nitrogens with zero attached hydrogens (tertiary/aromatic N) is 9. The molecule has 28 nitrogen and oxygen atoms in total. The maximum atomic E-state index is 12.1. The van der Waals surface area contributed by atoms with Crippen LogP contribution in [0.25, 0.3) is 17.7 Å². The lowest BCUT2D eigenvalue weighted by Crippen LogP contribution is -2.10. The van der Waals surface area contributed by atoms with Gasteiger partial charge in [0, 0.05) is 11.6 Å². The molecule has 0 amide bonds. The number of hydrogen-bond acceptors (Lipinski definition) is 28. The predicted molar refractivity (Wildman–Crippen MR) is 478 cm³/mol. The molecule has 1 aliphatic rings. The SMILES string of the molecule is C/C=C/C=C(\C#N)C(=O)OCC.C=C/C(C)=C(\C#N)C(=O)OCC.C=C/C=C(\C#N)C(=O)OCC.C=CC(=C)/C=C(\C#N)C(=O)OCC.C=CC(C=C)=C(C#N)C(=O)OCC.CCOC(=O)/C(C#N)=C/C=C/c1ccccc1.CCOC(=O)/C(C#N)=C/c1ccco1.CCOC(=O)C(C#N)=C(c1ccccc1)c1ccccc1.CCOC(=O)C(C#N)=C1CCCCC1. The quantitative estimate of drug-likeness (QED) is 0.0154. The topological polar surface area (TPSA) is 464 Å². The van der Waals surface area contributed by atoms with Gasteiger partial charge in [0.15, 0.2) is 0 Å². The highest BCUT2D eigenvalue weighted by atomic mass is 16.6. The van der Waals surface area contributed by atoms with E-state index in [1.54, 1.807) is 143 Å². The van der Waals surface area contributed by atoms with Crippen LogP contribution in [-0.4, -0.2) is 113 Å². The molecule has 1 aliphatic carbocycles. The zero-order chi connectivity index (χ0) is 96.6. The molecule has 0 spiro atoms. The Morgan fingerprint density at radius 2 is 0.748 bits per heavy atom. The fourth-order valence-corrected chi connectivity index (χ4v) is 8.75. The number of furan rings is 1. The minimum Gasteiger partial charge on any atom is -0.465 e. The summed E-state index contributed by atoms with van der Waals surface area (Å²) in [6.07, 6.45) is 27.4. The molecule has 1 saturated carbocycles. The minimum atomic E-state index is -0.639. The van der Waals surface area contributed by atoms with E-state index in [2.05, 4.69) is 67.9 Å². The van der Waals surface area contributed by atoms with Crippen LogP contribution in [0.4, 0.5) is 0 Å². The fraction of sp³-hybridized carbons (Fsp3) is 0.253. The predicted octanol–water partition coefficient (Wildman–Crippen LogP) is 18.2. The van der Waals surface area contributed by atoms with Crippen molar-refractivity contribution in [2.45, 2.75) is 108 Å². The molecule has 0 N–H and O–H groups in total. The molecular formula is C99H105N9O19. The van der Waals surface area contributed by atoms with E-state index in [0.29, 0.717) is 34.7 Å². The molecule has 5 rings (SSSR count). The molecule has 0 radical (unpaired) electrons. The van der Waals surface area contributed by atoms with Gasteiger partial charge in [-0.2, -0.15) is 47.4 Å². The lowest BCUT2D eigenvalue weighted by atomic mass is 9.91. The summed E-state index contributed by atoms with van der Waals surface area (Å²) in [5.41, 5.74) is 5.73. The Labute approximate surface area is 744 Å². The Bertz CT molecular complexity index is 5040. The summed E-state index contributed by atoms with van der Waals surface area (Å²) in [4.78, 5) is 101. The third kappa shape index (κ3) is 51.4. The summed E-state index contributed by atoms with van der Waals surface area (Å²) in [6.45, 7) is 41.8. The number of allylic oxidation sites excluding steroid dienone is 16. The van der Waals surface area contributed by atoms with Crippen LogP contribution in [-0.2, 0) is 85.8 Å². The van der Waals surface area contributed by atoms with E-state index >= 15 is 0 Å². The maximum Gasteiger partial charge on any atom is 0.349 e. The summed E-state index contributed by atoms with van der Waals surface area (Å²) < 4.78 is 47.3. The highest BCUT2D eigenvalue weighted by molar-refractivity contribution is 6.05. The minimum absolute atomic E-state index is 0.000897. The second-order valence-corrected chi connectivity index (χ2v) is 23.2. The van der Waals surface area contributed by atoms with Gasteiger partial charge in [-0.25, -0.2) is 43.2 Å². The summed E-state index contributed by atoms with van der Waals surface area (Å²) in [5.74, 6) is -4.85. The van der Waals surface area contributed by atoms with E-state index < -0.39 is 53.7 Å². The van der Waals surface area contributed by atoms with Crippen molar-refractivity contribution in [2.75, 3.05) is 59.5 Å². The molecular weight excluding hydrogens is 1620 g/mol. The first-order chi connectivity index (χ1) is 61.2. The zero-order valence-electron chi connectivity index (χ0n) is 73.4. The standard InChI is InChI=1S/C18H15NO2.C14H13NO2.C11H15NO2.C10H9NO3.2C10H11NO2.2C9H11NO2.C8H9NO2/c1-2-21-18(20)16(13-19)17(14-9-5-3-6-10-14)15-11-7-4-8-12-15;1-2-17-14(16)13(11-15)10-6-9-12-7-4-3-5-8-12;1-2-14-11(13)10(8-12)9-6-4-3-5-7-9;1-2-13-10(12)8(7-11)6-9-4-3-5-14-9;1-4-8(3)6-9(7-11)10(12)13-5-2;1-4-8(5-2)9(7-11)10(12)13-6-3;1-4-7(3)8(6-10)9(11)12-5-2;1-3-5-6-8(7-10)9(11)12-4-2;1-3-5-7(6-9)8(10)11-4-2/h3-12H,2H2,1H3;3-10H,2H2,1H3;2-7H2,1H3;3-6H,2H2,1H3;4,6H,1,3,5H2,2H3;4-5H,1-2,6H2,3H3;4H,1,5H2,2-3H3;3,5-6H,4H2,1-2H3;3,5H,1,4H2,2H3/b;9-6+,13-10+;;8-6+;9-6+;;8-7+;5-3+,8-6+;7-5+. The van der Waals surface area contributed by atoms with Crippen molar-refractivity contribution in [3.63, 3.8) is 0 Å². The molecule has 0 atom stereocenters. The van der Waals surface area contributed by atoms with Gasteiger partial charge in [0.25, 0.3) is 0 Å². The first kappa shape index (κ1) is 116. The first-order valence-electron chi connectivity index (χ1n) is 39.1. The van der Waals surface area contributed by atoms with Crippen LogP contribution in [0.3, 0.4) is 0 Å². The summed E-state index contributed by atoms with van der Waals surface area (Å²) >= 11 is 0. The Morgan fingerprint density at radius 3 is 1.09 bits per heavy atom. The van der Waals surface area contributed by atoms with Crippen molar-refractivity contribution in [2.24, 2.45) is 0 Å². The van der Waals surface area contributed by atoms with Crippen LogP contribution in [0.1, 0.15) is 131 Å². The van der Waals surface area contributed by atoms with Gasteiger partial charge in [-0.3, -0.25) is 0 Å². The highest BCUT2D eigenvalue weighted by Gasteiger charge is 2.22. The summed E-state index contributed by atoms with van der Waals surface area (Å²) in [6, 6.07) is 47.9. The van der Waals surface area contributed by atoms with E-state index in [9.17, 15) is 48.4 Å². The molecule has 4 aromatic rings. The number of ether oxygens (including phenoxy) is 9. The van der Waals surface area contributed by atoms with Crippen molar-refractivity contribution in [1.82, 2.24) is 0 Å². The molecule has 0 unspecified atom stereocenters. The van der Waals surface area contributed by atoms with Crippen molar-refractivity contribution < 1.29 is 90.2 Å². The molecule has 0 bridgehead atoms. The second kappa shape index (κ2) is 76.5. The highest BCUT2D eigenvalue weighted by Crippen LogP contribution is 2.28. The van der Waals surface area contributed by atoms with Crippen LogP contribution >= 0.6 is 0 Å². The molecule has 127 heavy (non-hydrogen) atoms. The Hall–Kier alpha value is -16.8. The Kier molecular flexibility index (Phi) is 70.2. The van der Waals surface area contributed by atoms with Gasteiger partial charge >= 0.3 is 53.7 Å². The second-order valence-electron chi connectivity index (χ2n) is 23.2. The average molecular weight is 1720 g/mol. The lowest BCUT2D eigenvalue weighted by molar-refractivity contribution is -0.139. The van der Waals surface area contributed by atoms with Crippen molar-refractivity contribution >= 4 is 71.4 Å². The summed E-state index contributed by atoms with van der Waals surface area (Å²) in [5, 5.41) is 78.4. The number of rotatable bonds is 30. The van der Waals surface area contributed by atoms with E-state index in [-0.39, 0.29) is 103 Å². The largest absolute Gasteiger partial charge is 0.465 e. The van der Waals surface area contributed by atoms with Gasteiger partial charge in [0.2, 0.25) is 0 Å². The van der Waals surface area contributed by atoms with Crippen LogP contribution in [0.5, 0.6) is 0 Å².